The average molecular weight is 266 g/mol. The Labute approximate surface area is 115 Å². The van der Waals surface area contributed by atoms with Crippen LogP contribution in [-0.4, -0.2) is 34.3 Å². The fraction of sp³-hybridized carbons (Fsp3) is 0.867. The lowest BCUT2D eigenvalue weighted by atomic mass is 9.85. The summed E-state index contributed by atoms with van der Waals surface area (Å²) in [6, 6.07) is 0. The van der Waals surface area contributed by atoms with Crippen molar-refractivity contribution >= 4 is 11.8 Å². The van der Waals surface area contributed by atoms with E-state index in [1.54, 1.807) is 0 Å². The number of rotatable bonds is 3. The summed E-state index contributed by atoms with van der Waals surface area (Å²) in [6.45, 7) is 8.67. The summed E-state index contributed by atoms with van der Waals surface area (Å²) in [5.41, 5.74) is -1.32. The van der Waals surface area contributed by atoms with Crippen LogP contribution < -0.4 is 5.32 Å². The lowest BCUT2D eigenvalue weighted by Gasteiger charge is -2.49. The summed E-state index contributed by atoms with van der Waals surface area (Å²) < 4.78 is 0. The maximum Gasteiger partial charge on any atom is 0.249 e. The third-order valence-corrected chi connectivity index (χ3v) is 4.62. The molecule has 1 aliphatic carbocycles. The number of hydrogen-bond acceptors (Lipinski definition) is 2. The van der Waals surface area contributed by atoms with Crippen molar-refractivity contribution in [2.75, 3.05) is 6.54 Å². The fourth-order valence-corrected chi connectivity index (χ4v) is 3.14. The zero-order chi connectivity index (χ0) is 14.3. The van der Waals surface area contributed by atoms with Gasteiger partial charge in [0.25, 0.3) is 0 Å². The number of carbonyl (C=O) groups excluding carboxylic acids is 2. The molecule has 4 heteroatoms. The lowest BCUT2D eigenvalue weighted by molar-refractivity contribution is -0.161. The Hall–Kier alpha value is -1.06. The first-order valence-electron chi connectivity index (χ1n) is 7.44. The number of nitrogens with zero attached hydrogens (tertiary/aromatic N) is 1. The van der Waals surface area contributed by atoms with Crippen LogP contribution in [0.3, 0.4) is 0 Å². The molecule has 4 nitrogen and oxygen atoms in total. The molecule has 2 amide bonds. The predicted molar refractivity (Wildman–Crippen MR) is 74.6 cm³/mol. The molecule has 2 aliphatic rings. The van der Waals surface area contributed by atoms with Crippen molar-refractivity contribution in [1.82, 2.24) is 10.2 Å². The second-order valence-corrected chi connectivity index (χ2v) is 6.94. The minimum atomic E-state index is -0.722. The maximum atomic E-state index is 12.8. The van der Waals surface area contributed by atoms with Crippen LogP contribution in [0.15, 0.2) is 0 Å². The number of hydrogen-bond donors (Lipinski definition) is 1. The van der Waals surface area contributed by atoms with Gasteiger partial charge in [0.1, 0.15) is 11.1 Å². The van der Waals surface area contributed by atoms with E-state index in [1.165, 1.54) is 0 Å². The van der Waals surface area contributed by atoms with Gasteiger partial charge in [0, 0.05) is 6.54 Å². The number of nitrogens with one attached hydrogen (secondary N) is 1. The van der Waals surface area contributed by atoms with Gasteiger partial charge in [-0.05, 0) is 39.0 Å². The van der Waals surface area contributed by atoms with Crippen molar-refractivity contribution in [3.63, 3.8) is 0 Å². The molecule has 1 spiro atoms. The summed E-state index contributed by atoms with van der Waals surface area (Å²) in [6.07, 6.45) is 4.60. The minimum absolute atomic E-state index is 0.00208. The zero-order valence-corrected chi connectivity index (χ0v) is 12.6. The molecule has 108 valence electrons. The molecule has 0 aromatic rings. The van der Waals surface area contributed by atoms with E-state index in [-0.39, 0.29) is 11.8 Å². The lowest BCUT2D eigenvalue weighted by Crippen LogP contribution is -2.73. The van der Waals surface area contributed by atoms with Gasteiger partial charge in [-0.1, -0.05) is 26.7 Å². The topological polar surface area (TPSA) is 49.4 Å². The van der Waals surface area contributed by atoms with Gasteiger partial charge >= 0.3 is 0 Å². The van der Waals surface area contributed by atoms with Crippen molar-refractivity contribution in [2.24, 2.45) is 5.92 Å². The van der Waals surface area contributed by atoms with Gasteiger partial charge in [-0.15, -0.1) is 0 Å². The number of carbonyl (C=O) groups is 2. The molecule has 1 saturated heterocycles. The zero-order valence-electron chi connectivity index (χ0n) is 12.6. The summed E-state index contributed by atoms with van der Waals surface area (Å²) in [5.74, 6) is 0.668. The number of piperazine rings is 1. The molecule has 0 aromatic heterocycles. The van der Waals surface area contributed by atoms with Gasteiger partial charge in [-0.2, -0.15) is 0 Å². The normalized spacial score (nSPS) is 25.2. The summed E-state index contributed by atoms with van der Waals surface area (Å²) in [7, 11) is 0. The Morgan fingerprint density at radius 1 is 1.21 bits per heavy atom. The second-order valence-electron chi connectivity index (χ2n) is 6.94. The van der Waals surface area contributed by atoms with E-state index in [0.29, 0.717) is 12.5 Å². The van der Waals surface area contributed by atoms with Gasteiger partial charge in [0.15, 0.2) is 0 Å². The van der Waals surface area contributed by atoms with Crippen LogP contribution in [-0.2, 0) is 9.59 Å². The molecule has 1 heterocycles. The molecule has 0 bridgehead atoms. The molecule has 2 fully saturated rings. The van der Waals surface area contributed by atoms with Crippen LogP contribution in [0.1, 0.15) is 59.8 Å². The first-order valence-corrected chi connectivity index (χ1v) is 7.44. The molecule has 2 rings (SSSR count). The molecule has 1 saturated carbocycles. The Kier molecular flexibility index (Phi) is 3.63. The Morgan fingerprint density at radius 2 is 1.79 bits per heavy atom. The molecule has 0 unspecified atom stereocenters. The van der Waals surface area contributed by atoms with Crippen LogP contribution >= 0.6 is 0 Å². The highest BCUT2D eigenvalue weighted by Crippen LogP contribution is 2.37. The number of amides is 2. The fourth-order valence-electron chi connectivity index (χ4n) is 3.14. The summed E-state index contributed by atoms with van der Waals surface area (Å²) in [5, 5.41) is 3.02. The predicted octanol–water partition coefficient (Wildman–Crippen LogP) is 2.08. The van der Waals surface area contributed by atoms with Crippen molar-refractivity contribution < 1.29 is 9.59 Å². The standard InChI is InChI=1S/C15H26N2O2/c1-11(2)7-10-17-13(19)15(8-5-6-9-15)16-12(18)14(17,3)4/h11H,5-10H2,1-4H3,(H,16,18). The van der Waals surface area contributed by atoms with Crippen LogP contribution in [0.5, 0.6) is 0 Å². The van der Waals surface area contributed by atoms with E-state index in [4.69, 9.17) is 0 Å². The van der Waals surface area contributed by atoms with E-state index in [2.05, 4.69) is 19.2 Å². The van der Waals surface area contributed by atoms with E-state index < -0.39 is 11.1 Å². The third-order valence-electron chi connectivity index (χ3n) is 4.62. The van der Waals surface area contributed by atoms with Crippen molar-refractivity contribution in [1.29, 1.82) is 0 Å². The smallest absolute Gasteiger partial charge is 0.249 e. The highest BCUT2D eigenvalue weighted by Gasteiger charge is 2.55. The molecule has 19 heavy (non-hydrogen) atoms. The Bertz CT molecular complexity index is 382. The quantitative estimate of drug-likeness (QED) is 0.850. The second kappa shape index (κ2) is 4.80. The Balaban J connectivity index is 2.24. The highest BCUT2D eigenvalue weighted by molar-refractivity contribution is 6.02. The largest absolute Gasteiger partial charge is 0.340 e. The van der Waals surface area contributed by atoms with Gasteiger partial charge in [0.05, 0.1) is 0 Å². The summed E-state index contributed by atoms with van der Waals surface area (Å²) in [4.78, 5) is 27.0. The highest BCUT2D eigenvalue weighted by atomic mass is 16.2. The molecule has 0 atom stereocenters. The molecule has 0 radical (unpaired) electrons. The van der Waals surface area contributed by atoms with Crippen LogP contribution in [0.25, 0.3) is 0 Å². The van der Waals surface area contributed by atoms with Crippen LogP contribution in [0, 0.1) is 5.92 Å². The monoisotopic (exact) mass is 266 g/mol. The van der Waals surface area contributed by atoms with Crippen molar-refractivity contribution in [3.8, 4) is 0 Å². The summed E-state index contributed by atoms with van der Waals surface area (Å²) >= 11 is 0. The van der Waals surface area contributed by atoms with E-state index in [1.807, 2.05) is 18.7 Å². The van der Waals surface area contributed by atoms with Crippen LogP contribution in [0.4, 0.5) is 0 Å². The van der Waals surface area contributed by atoms with Gasteiger partial charge < -0.3 is 10.2 Å². The van der Waals surface area contributed by atoms with Gasteiger partial charge in [-0.25, -0.2) is 0 Å². The van der Waals surface area contributed by atoms with E-state index >= 15 is 0 Å². The molecule has 1 N–H and O–H groups in total. The minimum Gasteiger partial charge on any atom is -0.340 e. The first-order chi connectivity index (χ1) is 8.79. The average Bonchev–Trinajstić information content (AvgIpc) is 2.76. The van der Waals surface area contributed by atoms with E-state index in [9.17, 15) is 9.59 Å². The van der Waals surface area contributed by atoms with E-state index in [0.717, 1.165) is 32.1 Å². The first kappa shape index (κ1) is 14.4. The van der Waals surface area contributed by atoms with Crippen molar-refractivity contribution in [3.05, 3.63) is 0 Å². The van der Waals surface area contributed by atoms with Gasteiger partial charge in [-0.3, -0.25) is 9.59 Å². The molecular weight excluding hydrogens is 240 g/mol. The SMILES string of the molecule is CC(C)CCN1C(=O)C2(CCCC2)NC(=O)C1(C)C. The van der Waals surface area contributed by atoms with Gasteiger partial charge in [0.2, 0.25) is 11.8 Å². The van der Waals surface area contributed by atoms with Crippen LogP contribution in [0.2, 0.25) is 0 Å². The molecule has 0 aromatic carbocycles. The molecular formula is C15H26N2O2. The third kappa shape index (κ3) is 2.37. The van der Waals surface area contributed by atoms with Crippen molar-refractivity contribution in [2.45, 2.75) is 70.9 Å². The Morgan fingerprint density at radius 3 is 2.32 bits per heavy atom. The molecule has 1 aliphatic heterocycles. The maximum absolute atomic E-state index is 12.8.